The van der Waals surface area contributed by atoms with Gasteiger partial charge in [0.25, 0.3) is 0 Å². The van der Waals surface area contributed by atoms with E-state index in [2.05, 4.69) is 9.98 Å². The molecule has 0 spiro atoms. The van der Waals surface area contributed by atoms with Crippen LogP contribution < -0.4 is 5.73 Å². The van der Waals surface area contributed by atoms with E-state index in [1.54, 1.807) is 20.2 Å². The third-order valence-corrected chi connectivity index (χ3v) is 4.13. The van der Waals surface area contributed by atoms with Gasteiger partial charge >= 0.3 is 5.97 Å². The molecule has 0 aromatic rings. The summed E-state index contributed by atoms with van der Waals surface area (Å²) in [6, 6.07) is -0.122. The van der Waals surface area contributed by atoms with Gasteiger partial charge in [-0.05, 0) is 32.6 Å². The maximum absolute atomic E-state index is 12.3. The van der Waals surface area contributed by atoms with E-state index in [1.165, 1.54) is 0 Å². The van der Waals surface area contributed by atoms with Gasteiger partial charge in [0.05, 0.1) is 30.3 Å². The van der Waals surface area contributed by atoms with Crippen LogP contribution in [0.2, 0.25) is 0 Å². The number of amidine groups is 1. The van der Waals surface area contributed by atoms with Gasteiger partial charge in [0.15, 0.2) is 11.0 Å². The van der Waals surface area contributed by atoms with E-state index in [4.69, 9.17) is 22.1 Å². The normalized spacial score (nSPS) is 25.0. The smallest absolute Gasteiger partial charge is 0.337 e. The molecule has 3 aliphatic rings. The van der Waals surface area contributed by atoms with E-state index in [-0.39, 0.29) is 17.2 Å². The van der Waals surface area contributed by atoms with E-state index in [9.17, 15) is 4.79 Å². The molecule has 112 valence electrons. The zero-order chi connectivity index (χ0) is 15.1. The number of fused-ring (bicyclic) bond motifs is 1. The Bertz CT molecular complexity index is 616. The molecule has 0 radical (unpaired) electrons. The van der Waals surface area contributed by atoms with E-state index >= 15 is 0 Å². The highest BCUT2D eigenvalue weighted by Gasteiger charge is 2.45. The highest BCUT2D eigenvalue weighted by molar-refractivity contribution is 6.33. The highest BCUT2D eigenvalue weighted by Crippen LogP contribution is 2.42. The number of aliphatic imine (C=N–C) groups is 2. The second kappa shape index (κ2) is 5.18. The number of esters is 1. The molecule has 0 bridgehead atoms. The van der Waals surface area contributed by atoms with Crippen LogP contribution in [0, 0.1) is 5.92 Å². The van der Waals surface area contributed by atoms with Crippen LogP contribution in [-0.2, 0) is 9.53 Å². The lowest BCUT2D eigenvalue weighted by Gasteiger charge is -2.37. The van der Waals surface area contributed by atoms with Crippen molar-refractivity contribution in [2.45, 2.75) is 32.7 Å². The second-order valence-corrected chi connectivity index (χ2v) is 5.65. The fraction of sp³-hybridized carbons (Fsp3) is 0.500. The maximum atomic E-state index is 12.3. The summed E-state index contributed by atoms with van der Waals surface area (Å²) in [5, 5.41) is 0.229. The molecular formula is C14H17ClN4O2. The first-order chi connectivity index (χ1) is 10.0. The molecule has 21 heavy (non-hydrogen) atoms. The van der Waals surface area contributed by atoms with Crippen molar-refractivity contribution in [2.75, 3.05) is 6.61 Å². The number of nitrogens with two attached hydrogens (primary N) is 1. The summed E-state index contributed by atoms with van der Waals surface area (Å²) in [7, 11) is 0. The van der Waals surface area contributed by atoms with E-state index in [0.29, 0.717) is 35.3 Å². The predicted octanol–water partition coefficient (Wildman–Crippen LogP) is 1.72. The Kier molecular flexibility index (Phi) is 3.49. The van der Waals surface area contributed by atoms with E-state index < -0.39 is 0 Å². The second-order valence-electron chi connectivity index (χ2n) is 5.29. The summed E-state index contributed by atoms with van der Waals surface area (Å²) in [6.07, 6.45) is 3.73. The van der Waals surface area contributed by atoms with Crippen LogP contribution in [0.5, 0.6) is 0 Å². The third kappa shape index (κ3) is 2.33. The van der Waals surface area contributed by atoms with Crippen LogP contribution in [0.25, 0.3) is 0 Å². The van der Waals surface area contributed by atoms with Crippen molar-refractivity contribution in [3.8, 4) is 0 Å². The first-order valence-corrected chi connectivity index (χ1v) is 7.37. The largest absolute Gasteiger partial charge is 0.463 e. The molecule has 1 unspecified atom stereocenters. The minimum Gasteiger partial charge on any atom is -0.463 e. The number of carbonyl (C=O) groups excluding carboxylic acids is 1. The molecule has 0 aromatic heterocycles. The Morgan fingerprint density at radius 3 is 2.90 bits per heavy atom. The molecule has 3 rings (SSSR count). The fourth-order valence-electron chi connectivity index (χ4n) is 2.71. The zero-order valence-electron chi connectivity index (χ0n) is 12.0. The van der Waals surface area contributed by atoms with Crippen molar-refractivity contribution in [2.24, 2.45) is 21.6 Å². The van der Waals surface area contributed by atoms with Gasteiger partial charge in [-0.15, -0.1) is 0 Å². The first-order valence-electron chi connectivity index (χ1n) is 6.99. The van der Waals surface area contributed by atoms with Crippen LogP contribution in [-0.4, -0.2) is 35.7 Å². The van der Waals surface area contributed by atoms with Crippen molar-refractivity contribution < 1.29 is 9.53 Å². The molecule has 0 aromatic carbocycles. The third-order valence-electron chi connectivity index (χ3n) is 3.83. The summed E-state index contributed by atoms with van der Waals surface area (Å²) in [5.41, 5.74) is 7.56. The lowest BCUT2D eigenvalue weighted by atomic mass is 9.96. The topological polar surface area (TPSA) is 80.3 Å². The summed E-state index contributed by atoms with van der Waals surface area (Å²) in [5.74, 6) is 0.640. The van der Waals surface area contributed by atoms with Gasteiger partial charge in [0, 0.05) is 0 Å². The lowest BCUT2D eigenvalue weighted by Crippen LogP contribution is -2.49. The molecule has 1 fully saturated rings. The average Bonchev–Trinajstić information content (AvgIpc) is 3.27. The Hall–Kier alpha value is -1.82. The molecule has 1 saturated carbocycles. The minimum absolute atomic E-state index is 0.122. The molecule has 6 nitrogen and oxygen atoms in total. The number of allylic oxidation sites excluding steroid dienone is 1. The number of hydrogen-bond donors (Lipinski definition) is 1. The van der Waals surface area contributed by atoms with Crippen molar-refractivity contribution in [1.82, 2.24) is 4.90 Å². The molecule has 7 heteroatoms. The molecule has 2 aliphatic heterocycles. The SMILES string of the molecule is CCOC(=O)C1=C(C)N=C2C(N)=C(Cl)N=CN2C1C1CC1. The Morgan fingerprint density at radius 1 is 1.57 bits per heavy atom. The van der Waals surface area contributed by atoms with Crippen molar-refractivity contribution in [3.63, 3.8) is 0 Å². The van der Waals surface area contributed by atoms with Crippen molar-refractivity contribution in [3.05, 3.63) is 22.1 Å². The van der Waals surface area contributed by atoms with Crippen LogP contribution in [0.3, 0.4) is 0 Å². The number of nitrogens with zero attached hydrogens (tertiary/aromatic N) is 3. The number of ether oxygens (including phenoxy) is 1. The van der Waals surface area contributed by atoms with Crippen LogP contribution in [0.1, 0.15) is 26.7 Å². The number of carbonyl (C=O) groups is 1. The fourth-order valence-corrected chi connectivity index (χ4v) is 2.84. The molecule has 0 saturated heterocycles. The van der Waals surface area contributed by atoms with Crippen LogP contribution in [0.4, 0.5) is 0 Å². The van der Waals surface area contributed by atoms with Gasteiger partial charge in [-0.2, -0.15) is 0 Å². The van der Waals surface area contributed by atoms with Crippen molar-refractivity contribution in [1.29, 1.82) is 0 Å². The summed E-state index contributed by atoms with van der Waals surface area (Å²) >= 11 is 5.97. The summed E-state index contributed by atoms with van der Waals surface area (Å²) in [6.45, 7) is 3.94. The quantitative estimate of drug-likeness (QED) is 0.636. The van der Waals surface area contributed by atoms with E-state index in [0.717, 1.165) is 12.8 Å². The Morgan fingerprint density at radius 2 is 2.29 bits per heavy atom. The van der Waals surface area contributed by atoms with Gasteiger partial charge in [0.2, 0.25) is 0 Å². The predicted molar refractivity (Wildman–Crippen MR) is 80.7 cm³/mol. The number of halogens is 1. The number of rotatable bonds is 3. The maximum Gasteiger partial charge on any atom is 0.337 e. The summed E-state index contributed by atoms with van der Waals surface area (Å²) < 4.78 is 5.18. The Balaban J connectivity index is 2.07. The average molecular weight is 309 g/mol. The molecule has 0 amide bonds. The standard InChI is InChI=1S/C14H17ClN4O2/c1-3-21-14(20)9-7(2)18-13-10(16)12(15)17-6-19(13)11(9)8-4-5-8/h6,8,11H,3-5,16H2,1-2H3. The van der Waals surface area contributed by atoms with Crippen LogP contribution in [0.15, 0.2) is 32.1 Å². The minimum atomic E-state index is -0.317. The Labute approximate surface area is 128 Å². The molecule has 2 heterocycles. The lowest BCUT2D eigenvalue weighted by molar-refractivity contribution is -0.139. The molecule has 2 N–H and O–H groups in total. The highest BCUT2D eigenvalue weighted by atomic mass is 35.5. The summed E-state index contributed by atoms with van der Waals surface area (Å²) in [4.78, 5) is 22.7. The van der Waals surface area contributed by atoms with Gasteiger partial charge in [0.1, 0.15) is 5.70 Å². The van der Waals surface area contributed by atoms with Gasteiger partial charge in [-0.25, -0.2) is 14.8 Å². The number of hydrogen-bond acceptors (Lipinski definition) is 6. The monoisotopic (exact) mass is 308 g/mol. The molecular weight excluding hydrogens is 292 g/mol. The van der Waals surface area contributed by atoms with Gasteiger partial charge in [-0.1, -0.05) is 11.6 Å². The first kappa shape index (κ1) is 14.1. The van der Waals surface area contributed by atoms with Crippen molar-refractivity contribution >= 4 is 29.7 Å². The van der Waals surface area contributed by atoms with Crippen LogP contribution >= 0.6 is 11.6 Å². The zero-order valence-corrected chi connectivity index (χ0v) is 12.7. The van der Waals surface area contributed by atoms with Gasteiger partial charge in [-0.3, -0.25) is 0 Å². The van der Waals surface area contributed by atoms with Gasteiger partial charge < -0.3 is 15.4 Å². The molecule has 1 aliphatic carbocycles. The van der Waals surface area contributed by atoms with E-state index in [1.807, 2.05) is 4.90 Å². The molecule has 1 atom stereocenters.